The van der Waals surface area contributed by atoms with Crippen molar-refractivity contribution in [3.05, 3.63) is 42.5 Å². The SMILES string of the molecule is O=C(CO)Nc1ccc2cc[c]cc2c1. The molecular formula is C12H10NO2. The van der Waals surface area contributed by atoms with E-state index < -0.39 is 12.5 Å². The lowest BCUT2D eigenvalue weighted by Crippen LogP contribution is -2.15. The van der Waals surface area contributed by atoms with Gasteiger partial charge in [-0.05, 0) is 35.0 Å². The van der Waals surface area contributed by atoms with Gasteiger partial charge in [0.25, 0.3) is 0 Å². The molecule has 0 unspecified atom stereocenters. The van der Waals surface area contributed by atoms with Crippen LogP contribution >= 0.6 is 0 Å². The van der Waals surface area contributed by atoms with E-state index >= 15 is 0 Å². The molecule has 0 aliphatic heterocycles. The summed E-state index contributed by atoms with van der Waals surface area (Å²) >= 11 is 0. The average Bonchev–Trinajstić information content (AvgIpc) is 2.29. The molecule has 0 saturated heterocycles. The minimum atomic E-state index is -0.501. The van der Waals surface area contributed by atoms with E-state index in [1.165, 1.54) is 0 Å². The van der Waals surface area contributed by atoms with Crippen molar-refractivity contribution in [3.8, 4) is 0 Å². The molecule has 0 fully saturated rings. The molecule has 3 nitrogen and oxygen atoms in total. The Labute approximate surface area is 87.3 Å². The highest BCUT2D eigenvalue weighted by atomic mass is 16.3. The van der Waals surface area contributed by atoms with Crippen molar-refractivity contribution in [2.45, 2.75) is 0 Å². The number of fused-ring (bicyclic) bond motifs is 1. The molecule has 0 saturated carbocycles. The van der Waals surface area contributed by atoms with Gasteiger partial charge in [-0.25, -0.2) is 0 Å². The number of nitrogens with one attached hydrogen (secondary N) is 1. The van der Waals surface area contributed by atoms with Crippen LogP contribution in [-0.2, 0) is 4.79 Å². The van der Waals surface area contributed by atoms with Gasteiger partial charge in [0.1, 0.15) is 6.61 Å². The van der Waals surface area contributed by atoms with Crippen LogP contribution in [0.1, 0.15) is 0 Å². The van der Waals surface area contributed by atoms with Crippen molar-refractivity contribution >= 4 is 22.4 Å². The van der Waals surface area contributed by atoms with Gasteiger partial charge in [0.2, 0.25) is 5.91 Å². The normalized spacial score (nSPS) is 10.2. The number of aliphatic hydroxyl groups is 1. The number of hydrogen-bond donors (Lipinski definition) is 2. The molecule has 2 aromatic carbocycles. The summed E-state index contributed by atoms with van der Waals surface area (Å²) in [6, 6.07) is 14.2. The van der Waals surface area contributed by atoms with Gasteiger partial charge in [0, 0.05) is 5.69 Å². The molecule has 15 heavy (non-hydrogen) atoms. The summed E-state index contributed by atoms with van der Waals surface area (Å²) in [5.74, 6) is -0.408. The van der Waals surface area contributed by atoms with Crippen molar-refractivity contribution in [1.29, 1.82) is 0 Å². The van der Waals surface area contributed by atoms with Crippen LogP contribution in [0.25, 0.3) is 10.8 Å². The Morgan fingerprint density at radius 2 is 2.20 bits per heavy atom. The van der Waals surface area contributed by atoms with Crippen molar-refractivity contribution in [2.75, 3.05) is 11.9 Å². The van der Waals surface area contributed by atoms with E-state index in [1.54, 1.807) is 6.07 Å². The average molecular weight is 200 g/mol. The van der Waals surface area contributed by atoms with E-state index in [9.17, 15) is 4.79 Å². The minimum Gasteiger partial charge on any atom is -0.387 e. The molecule has 0 aliphatic rings. The Bertz CT molecular complexity index is 494. The minimum absolute atomic E-state index is 0.408. The second-order valence-corrected chi connectivity index (χ2v) is 3.19. The maximum Gasteiger partial charge on any atom is 0.250 e. The monoisotopic (exact) mass is 200 g/mol. The molecule has 1 radical (unpaired) electrons. The maximum atomic E-state index is 10.9. The number of amides is 1. The molecule has 3 heteroatoms. The Hall–Kier alpha value is -1.87. The maximum absolute atomic E-state index is 10.9. The molecular weight excluding hydrogens is 190 g/mol. The van der Waals surface area contributed by atoms with Crippen LogP contribution in [0.4, 0.5) is 5.69 Å². The van der Waals surface area contributed by atoms with Gasteiger partial charge in [-0.15, -0.1) is 0 Å². The van der Waals surface area contributed by atoms with E-state index in [4.69, 9.17) is 5.11 Å². The molecule has 1 amide bonds. The zero-order valence-corrected chi connectivity index (χ0v) is 8.03. The molecule has 0 aromatic heterocycles. The first kappa shape index (κ1) is 9.68. The number of carbonyl (C=O) groups excluding carboxylic acids is 1. The summed E-state index contributed by atoms with van der Waals surface area (Å²) in [5, 5.41) is 13.3. The van der Waals surface area contributed by atoms with Crippen LogP contribution in [0.3, 0.4) is 0 Å². The van der Waals surface area contributed by atoms with Crippen LogP contribution in [0.2, 0.25) is 0 Å². The molecule has 2 rings (SSSR count). The zero-order chi connectivity index (χ0) is 10.7. The van der Waals surface area contributed by atoms with Gasteiger partial charge in [-0.1, -0.05) is 18.2 Å². The van der Waals surface area contributed by atoms with Gasteiger partial charge < -0.3 is 10.4 Å². The highest BCUT2D eigenvalue weighted by Gasteiger charge is 2.00. The standard InChI is InChI=1S/C12H10NO2/c14-8-12(15)13-11-6-5-9-3-1-2-4-10(9)7-11/h1,3-7,14H,8H2,(H,13,15). The summed E-state index contributed by atoms with van der Waals surface area (Å²) in [6.45, 7) is -0.501. The number of aliphatic hydroxyl groups excluding tert-OH is 1. The first-order chi connectivity index (χ1) is 7.29. The molecule has 2 N–H and O–H groups in total. The summed E-state index contributed by atoms with van der Waals surface area (Å²) in [5.41, 5.74) is 0.682. The lowest BCUT2D eigenvalue weighted by atomic mass is 10.1. The fraction of sp³-hybridized carbons (Fsp3) is 0.0833. The number of anilines is 1. The largest absolute Gasteiger partial charge is 0.387 e. The second kappa shape index (κ2) is 4.11. The number of carbonyl (C=O) groups is 1. The highest BCUT2D eigenvalue weighted by Crippen LogP contribution is 2.18. The smallest absolute Gasteiger partial charge is 0.250 e. The van der Waals surface area contributed by atoms with Crippen molar-refractivity contribution in [3.63, 3.8) is 0 Å². The Morgan fingerprint density at radius 3 is 3.00 bits per heavy atom. The fourth-order valence-electron chi connectivity index (χ4n) is 1.41. The fourth-order valence-corrected chi connectivity index (χ4v) is 1.41. The van der Waals surface area contributed by atoms with Gasteiger partial charge in [0.15, 0.2) is 0 Å². The summed E-state index contributed by atoms with van der Waals surface area (Å²) in [6.07, 6.45) is 0. The lowest BCUT2D eigenvalue weighted by Gasteiger charge is -2.04. The van der Waals surface area contributed by atoms with Crippen LogP contribution < -0.4 is 5.32 Å². The van der Waals surface area contributed by atoms with Gasteiger partial charge in [-0.2, -0.15) is 0 Å². The third kappa shape index (κ3) is 2.14. The van der Waals surface area contributed by atoms with E-state index in [0.717, 1.165) is 10.8 Å². The van der Waals surface area contributed by atoms with Crippen LogP contribution in [0.15, 0.2) is 36.4 Å². The number of hydrogen-bond acceptors (Lipinski definition) is 2. The van der Waals surface area contributed by atoms with Crippen LogP contribution in [0.5, 0.6) is 0 Å². The number of benzene rings is 2. The Kier molecular flexibility index (Phi) is 2.65. The van der Waals surface area contributed by atoms with Crippen molar-refractivity contribution in [1.82, 2.24) is 0 Å². The topological polar surface area (TPSA) is 49.3 Å². The summed E-state index contributed by atoms with van der Waals surface area (Å²) in [4.78, 5) is 10.9. The Balaban J connectivity index is 2.34. The quantitative estimate of drug-likeness (QED) is 0.773. The second-order valence-electron chi connectivity index (χ2n) is 3.19. The molecule has 75 valence electrons. The Morgan fingerprint density at radius 1 is 1.33 bits per heavy atom. The lowest BCUT2D eigenvalue weighted by molar-refractivity contribution is -0.118. The summed E-state index contributed by atoms with van der Waals surface area (Å²) < 4.78 is 0. The highest BCUT2D eigenvalue weighted by molar-refractivity contribution is 5.94. The third-order valence-electron chi connectivity index (χ3n) is 2.11. The molecule has 2 aromatic rings. The molecule has 0 spiro atoms. The van der Waals surface area contributed by atoms with Gasteiger partial charge in [0.05, 0.1) is 0 Å². The zero-order valence-electron chi connectivity index (χ0n) is 8.03. The van der Waals surface area contributed by atoms with E-state index in [2.05, 4.69) is 11.4 Å². The van der Waals surface area contributed by atoms with Crippen LogP contribution in [0, 0.1) is 6.07 Å². The molecule has 0 atom stereocenters. The van der Waals surface area contributed by atoms with Crippen molar-refractivity contribution in [2.24, 2.45) is 0 Å². The third-order valence-corrected chi connectivity index (χ3v) is 2.11. The first-order valence-corrected chi connectivity index (χ1v) is 4.60. The van der Waals surface area contributed by atoms with Gasteiger partial charge in [-0.3, -0.25) is 4.79 Å². The summed E-state index contributed by atoms with van der Waals surface area (Å²) in [7, 11) is 0. The predicted octanol–water partition coefficient (Wildman–Crippen LogP) is 1.57. The van der Waals surface area contributed by atoms with E-state index in [-0.39, 0.29) is 0 Å². The molecule has 0 heterocycles. The molecule has 0 bridgehead atoms. The van der Waals surface area contributed by atoms with Crippen LogP contribution in [-0.4, -0.2) is 17.6 Å². The predicted molar refractivity (Wildman–Crippen MR) is 58.5 cm³/mol. The van der Waals surface area contributed by atoms with Gasteiger partial charge >= 0.3 is 0 Å². The van der Waals surface area contributed by atoms with Crippen molar-refractivity contribution < 1.29 is 9.90 Å². The van der Waals surface area contributed by atoms with E-state index in [1.807, 2.05) is 30.3 Å². The van der Waals surface area contributed by atoms with E-state index in [0.29, 0.717) is 5.69 Å². The molecule has 0 aliphatic carbocycles. The first-order valence-electron chi connectivity index (χ1n) is 4.60. The number of rotatable bonds is 2.